The molecule has 0 aliphatic rings. The molecule has 0 saturated carbocycles. The summed E-state index contributed by atoms with van der Waals surface area (Å²) in [7, 11) is -2.48. The van der Waals surface area contributed by atoms with Crippen LogP contribution in [-0.2, 0) is 23.6 Å². The van der Waals surface area contributed by atoms with E-state index in [9.17, 15) is 17.6 Å². The first-order chi connectivity index (χ1) is 16.5. The maximum atomic E-state index is 14.2. The number of aromatic nitrogens is 2. The second-order valence-electron chi connectivity index (χ2n) is 8.78. The van der Waals surface area contributed by atoms with E-state index in [-0.39, 0.29) is 17.1 Å². The molecule has 0 spiro atoms. The number of para-hydroxylation sites is 1. The molecule has 0 fully saturated rings. The highest BCUT2D eigenvalue weighted by molar-refractivity contribution is 7.93. The van der Waals surface area contributed by atoms with Crippen LogP contribution < -0.4 is 9.86 Å². The van der Waals surface area contributed by atoms with Gasteiger partial charge in [0.1, 0.15) is 11.5 Å². The van der Waals surface area contributed by atoms with Crippen molar-refractivity contribution in [1.82, 2.24) is 9.36 Å². The maximum Gasteiger partial charge on any atom is 0.296 e. The fourth-order valence-electron chi connectivity index (χ4n) is 4.61. The first kappa shape index (κ1) is 24.5. The lowest BCUT2D eigenvalue weighted by molar-refractivity contribution is 0.588. The molecule has 0 atom stereocenters. The molecule has 0 bridgehead atoms. The number of aryl methyl sites for hydroxylation is 3. The van der Waals surface area contributed by atoms with Gasteiger partial charge in [-0.1, -0.05) is 48.0 Å². The third-order valence-corrected chi connectivity index (χ3v) is 8.19. The van der Waals surface area contributed by atoms with Crippen LogP contribution >= 0.6 is 0 Å². The number of rotatable bonds is 6. The lowest BCUT2D eigenvalue weighted by Gasteiger charge is -2.25. The molecule has 4 aromatic rings. The highest BCUT2D eigenvalue weighted by atomic mass is 32.2. The number of halogens is 1. The summed E-state index contributed by atoms with van der Waals surface area (Å²) in [4.78, 5) is 13.9. The quantitative estimate of drug-likeness (QED) is 0.382. The number of hydrogen-bond donors (Lipinski definition) is 0. The fourth-order valence-corrected chi connectivity index (χ4v) is 6.53. The highest BCUT2D eigenvalue weighted by Crippen LogP contribution is 2.31. The van der Waals surface area contributed by atoms with Gasteiger partial charge in [0.2, 0.25) is 0 Å². The van der Waals surface area contributed by atoms with Gasteiger partial charge in [-0.25, -0.2) is 17.5 Å². The van der Waals surface area contributed by atoms with E-state index in [0.717, 1.165) is 9.87 Å². The Morgan fingerprint density at radius 1 is 0.886 bits per heavy atom. The molecular weight excluding hydrogens is 465 g/mol. The highest BCUT2D eigenvalue weighted by Gasteiger charge is 2.34. The third-order valence-electron chi connectivity index (χ3n) is 6.14. The number of hydrogen-bond acceptors (Lipinski definition) is 3. The summed E-state index contributed by atoms with van der Waals surface area (Å²) < 4.78 is 46.6. The Morgan fingerprint density at radius 2 is 1.51 bits per heavy atom. The van der Waals surface area contributed by atoms with E-state index in [1.165, 1.54) is 22.9 Å². The molecule has 4 rings (SSSR count). The molecule has 0 aliphatic heterocycles. The Hall–Kier alpha value is -3.65. The van der Waals surface area contributed by atoms with E-state index >= 15 is 0 Å². The van der Waals surface area contributed by atoms with Crippen molar-refractivity contribution in [2.45, 2.75) is 39.1 Å². The van der Waals surface area contributed by atoms with Crippen molar-refractivity contribution in [3.05, 3.63) is 111 Å². The van der Waals surface area contributed by atoms with Crippen LogP contribution in [0.5, 0.6) is 0 Å². The van der Waals surface area contributed by atoms with E-state index in [4.69, 9.17) is 0 Å². The van der Waals surface area contributed by atoms with Crippen LogP contribution in [-0.4, -0.2) is 17.8 Å². The van der Waals surface area contributed by atoms with Gasteiger partial charge in [0.15, 0.2) is 0 Å². The normalized spacial score (nSPS) is 11.6. The SMILES string of the molecule is Cc1cc(C)c(S(=O)(=O)N(Cc2cccc(F)c2)c2c(C)n(C)n(-c3ccccc3)c2=O)c(C)c1. The topological polar surface area (TPSA) is 64.3 Å². The van der Waals surface area contributed by atoms with Crippen molar-refractivity contribution in [1.29, 1.82) is 0 Å². The zero-order valence-corrected chi connectivity index (χ0v) is 21.2. The number of nitrogens with zero attached hydrogens (tertiary/aromatic N) is 3. The molecule has 0 radical (unpaired) electrons. The number of sulfonamides is 1. The summed E-state index contributed by atoms with van der Waals surface area (Å²) in [5.41, 5.74) is 3.19. The molecule has 1 heterocycles. The number of anilines is 1. The molecule has 6 nitrogen and oxygen atoms in total. The van der Waals surface area contributed by atoms with Crippen molar-refractivity contribution in [2.75, 3.05) is 4.31 Å². The standard InChI is InChI=1S/C27H28FN3O3S/c1-18-14-19(2)26(20(3)15-18)35(33,34)30(17-22-10-9-11-23(28)16-22)25-21(4)29(5)31(27(25)32)24-12-7-6-8-13-24/h6-16H,17H2,1-5H3. The molecule has 0 aliphatic carbocycles. The molecule has 0 amide bonds. The van der Waals surface area contributed by atoms with Crippen molar-refractivity contribution >= 4 is 15.7 Å². The van der Waals surface area contributed by atoms with Crippen molar-refractivity contribution in [3.63, 3.8) is 0 Å². The van der Waals surface area contributed by atoms with E-state index in [1.807, 2.05) is 25.1 Å². The summed E-state index contributed by atoms with van der Waals surface area (Å²) >= 11 is 0. The predicted molar refractivity (Wildman–Crippen MR) is 136 cm³/mol. The lowest BCUT2D eigenvalue weighted by atomic mass is 10.1. The Labute approximate surface area is 204 Å². The van der Waals surface area contributed by atoms with Gasteiger partial charge in [-0.15, -0.1) is 0 Å². The van der Waals surface area contributed by atoms with Crippen molar-refractivity contribution in [2.24, 2.45) is 7.05 Å². The second-order valence-corrected chi connectivity index (χ2v) is 10.6. The first-order valence-electron chi connectivity index (χ1n) is 11.2. The van der Waals surface area contributed by atoms with Gasteiger partial charge in [0.25, 0.3) is 15.6 Å². The van der Waals surface area contributed by atoms with Crippen molar-refractivity contribution < 1.29 is 12.8 Å². The van der Waals surface area contributed by atoms with E-state index in [2.05, 4.69) is 0 Å². The second kappa shape index (κ2) is 9.19. The van der Waals surface area contributed by atoms with Gasteiger partial charge in [-0.3, -0.25) is 13.8 Å². The summed E-state index contributed by atoms with van der Waals surface area (Å²) in [6.07, 6.45) is 0. The fraction of sp³-hybridized carbons (Fsp3) is 0.222. The summed E-state index contributed by atoms with van der Waals surface area (Å²) in [6.45, 7) is 6.91. The summed E-state index contributed by atoms with van der Waals surface area (Å²) in [5.74, 6) is -0.478. The van der Waals surface area contributed by atoms with Crippen LogP contribution in [0.15, 0.2) is 76.4 Å². The Kier molecular flexibility index (Phi) is 6.42. The predicted octanol–water partition coefficient (Wildman–Crippen LogP) is 4.94. The van der Waals surface area contributed by atoms with Crippen LogP contribution in [0.2, 0.25) is 0 Å². The van der Waals surface area contributed by atoms with Crippen LogP contribution in [0.4, 0.5) is 10.1 Å². The van der Waals surface area contributed by atoms with E-state index in [0.29, 0.717) is 28.1 Å². The summed E-state index contributed by atoms with van der Waals surface area (Å²) in [5, 5.41) is 0. The zero-order chi connectivity index (χ0) is 25.5. The maximum absolute atomic E-state index is 14.2. The minimum Gasteiger partial charge on any atom is -0.283 e. The summed E-state index contributed by atoms with van der Waals surface area (Å²) in [6, 6.07) is 18.4. The zero-order valence-electron chi connectivity index (χ0n) is 20.4. The first-order valence-corrected chi connectivity index (χ1v) is 12.7. The Morgan fingerprint density at radius 3 is 2.11 bits per heavy atom. The van der Waals surface area contributed by atoms with E-state index in [1.54, 1.807) is 62.8 Å². The molecule has 0 unspecified atom stereocenters. The van der Waals surface area contributed by atoms with Crippen LogP contribution in [0.1, 0.15) is 27.9 Å². The molecule has 8 heteroatoms. The van der Waals surface area contributed by atoms with Gasteiger partial charge in [0, 0.05) is 7.05 Å². The average Bonchev–Trinajstić information content (AvgIpc) is 3.00. The van der Waals surface area contributed by atoms with Crippen LogP contribution in [0.3, 0.4) is 0 Å². The van der Waals surface area contributed by atoms with Gasteiger partial charge >= 0.3 is 0 Å². The number of benzene rings is 3. The van der Waals surface area contributed by atoms with Crippen molar-refractivity contribution in [3.8, 4) is 5.69 Å². The van der Waals surface area contributed by atoms with Crippen LogP contribution in [0.25, 0.3) is 5.69 Å². The molecule has 3 aromatic carbocycles. The Balaban J connectivity index is 2.00. The van der Waals surface area contributed by atoms with E-state index < -0.39 is 21.4 Å². The van der Waals surface area contributed by atoms with Crippen LogP contribution in [0, 0.1) is 33.5 Å². The van der Waals surface area contributed by atoms with Gasteiger partial charge in [-0.2, -0.15) is 0 Å². The average molecular weight is 494 g/mol. The molecule has 1 aromatic heterocycles. The minimum absolute atomic E-state index is 0.0278. The molecule has 35 heavy (non-hydrogen) atoms. The molecular formula is C27H28FN3O3S. The van der Waals surface area contributed by atoms with Gasteiger partial charge in [-0.05, 0) is 68.7 Å². The van der Waals surface area contributed by atoms with Gasteiger partial charge < -0.3 is 0 Å². The van der Waals surface area contributed by atoms with Gasteiger partial charge in [0.05, 0.1) is 22.8 Å². The monoisotopic (exact) mass is 493 g/mol. The minimum atomic E-state index is -4.19. The molecule has 0 saturated heterocycles. The molecule has 182 valence electrons. The largest absolute Gasteiger partial charge is 0.296 e. The smallest absolute Gasteiger partial charge is 0.283 e. The molecule has 0 N–H and O–H groups in total. The lowest BCUT2D eigenvalue weighted by Crippen LogP contribution is -2.35. The Bertz CT molecular complexity index is 1550. The third kappa shape index (κ3) is 4.41.